The van der Waals surface area contributed by atoms with Crippen LogP contribution in [0.1, 0.15) is 45.6 Å². The first-order valence-corrected chi connectivity index (χ1v) is 14.2. The van der Waals surface area contributed by atoms with Crippen molar-refractivity contribution in [2.24, 2.45) is 0 Å². The van der Waals surface area contributed by atoms with Crippen LogP contribution in [-0.4, -0.2) is 57.1 Å². The second-order valence-electron chi connectivity index (χ2n) is 8.84. The number of carbonyl (C=O) groups excluding carboxylic acids is 2. The summed E-state index contributed by atoms with van der Waals surface area (Å²) in [7, 11) is -2.04. The Balaban J connectivity index is 2.22. The minimum Gasteiger partial charge on any atom is -0.497 e. The van der Waals surface area contributed by atoms with E-state index in [1.807, 2.05) is 32.9 Å². The van der Waals surface area contributed by atoms with Gasteiger partial charge in [-0.2, -0.15) is 0 Å². The van der Waals surface area contributed by atoms with E-state index in [4.69, 9.17) is 16.3 Å². The smallest absolute Gasteiger partial charge is 0.243 e. The summed E-state index contributed by atoms with van der Waals surface area (Å²) in [6.07, 6.45) is 1.90. The molecule has 0 aliphatic carbocycles. The Morgan fingerprint density at radius 1 is 1.08 bits per heavy atom. The van der Waals surface area contributed by atoms with Crippen LogP contribution in [0, 0.1) is 0 Å². The predicted molar refractivity (Wildman–Crippen MR) is 144 cm³/mol. The fraction of sp³-hybridized carbons (Fsp3) is 0.462. The van der Waals surface area contributed by atoms with Crippen molar-refractivity contribution < 1.29 is 22.7 Å². The van der Waals surface area contributed by atoms with E-state index in [1.54, 1.807) is 36.4 Å². The van der Waals surface area contributed by atoms with Gasteiger partial charge in [0.15, 0.2) is 0 Å². The van der Waals surface area contributed by atoms with Gasteiger partial charge in [0.05, 0.1) is 19.1 Å². The lowest BCUT2D eigenvalue weighted by molar-refractivity contribution is -0.141. The van der Waals surface area contributed by atoms with Gasteiger partial charge in [0.25, 0.3) is 0 Å². The van der Waals surface area contributed by atoms with E-state index in [9.17, 15) is 18.0 Å². The largest absolute Gasteiger partial charge is 0.497 e. The highest BCUT2D eigenvalue weighted by Crippen LogP contribution is 2.23. The van der Waals surface area contributed by atoms with Crippen molar-refractivity contribution >= 4 is 39.1 Å². The summed E-state index contributed by atoms with van der Waals surface area (Å²) in [5, 5.41) is 3.40. The van der Waals surface area contributed by atoms with Crippen molar-refractivity contribution in [3.8, 4) is 5.75 Å². The lowest BCUT2D eigenvalue weighted by atomic mass is 10.1. The number of nitrogens with zero attached hydrogens (tertiary/aromatic N) is 2. The minimum absolute atomic E-state index is 0.0675. The molecule has 1 N–H and O–H groups in total. The van der Waals surface area contributed by atoms with Crippen LogP contribution in [0.15, 0.2) is 48.5 Å². The van der Waals surface area contributed by atoms with Gasteiger partial charge in [-0.05, 0) is 62.6 Å². The van der Waals surface area contributed by atoms with E-state index in [0.717, 1.165) is 11.8 Å². The van der Waals surface area contributed by atoms with Gasteiger partial charge >= 0.3 is 0 Å². The first kappa shape index (κ1) is 29.5. The molecule has 36 heavy (non-hydrogen) atoms. The first-order chi connectivity index (χ1) is 17.0. The number of hydrogen-bond acceptors (Lipinski definition) is 5. The number of anilines is 1. The zero-order valence-electron chi connectivity index (χ0n) is 21.5. The molecule has 0 aromatic heterocycles. The van der Waals surface area contributed by atoms with Crippen LogP contribution in [0.4, 0.5) is 5.69 Å². The molecule has 0 fully saturated rings. The van der Waals surface area contributed by atoms with Gasteiger partial charge in [-0.15, -0.1) is 0 Å². The summed E-state index contributed by atoms with van der Waals surface area (Å²) >= 11 is 6.35. The molecule has 0 heterocycles. The lowest BCUT2D eigenvalue weighted by Crippen LogP contribution is -2.50. The van der Waals surface area contributed by atoms with Gasteiger partial charge in [0, 0.05) is 30.6 Å². The van der Waals surface area contributed by atoms with E-state index in [0.29, 0.717) is 22.9 Å². The first-order valence-electron chi connectivity index (χ1n) is 11.9. The second kappa shape index (κ2) is 13.5. The van der Waals surface area contributed by atoms with Crippen molar-refractivity contribution in [3.63, 3.8) is 0 Å². The fourth-order valence-electron chi connectivity index (χ4n) is 3.86. The molecular formula is C26H36ClN3O5S. The monoisotopic (exact) mass is 537 g/mol. The highest BCUT2D eigenvalue weighted by molar-refractivity contribution is 7.92. The standard InChI is InChI=1S/C26H36ClN3O5S/c1-6-24(26(32)28-19(2)3)29(18-20-10-7-8-11-23(20)27)25(31)12-9-17-30(36(5,33)34)21-13-15-22(35-4)16-14-21/h7-8,10-11,13-16,19,24H,6,9,12,17-18H2,1-5H3,(H,28,32)/t24-/m1/s1. The Bertz CT molecular complexity index is 1120. The minimum atomic E-state index is -3.57. The van der Waals surface area contributed by atoms with Gasteiger partial charge in [0.2, 0.25) is 21.8 Å². The van der Waals surface area contributed by atoms with Crippen molar-refractivity contribution in [3.05, 3.63) is 59.1 Å². The van der Waals surface area contributed by atoms with Crippen molar-refractivity contribution in [1.82, 2.24) is 10.2 Å². The quantitative estimate of drug-likeness (QED) is 0.412. The van der Waals surface area contributed by atoms with Crippen molar-refractivity contribution in [2.45, 2.75) is 58.7 Å². The maximum atomic E-state index is 13.4. The van der Waals surface area contributed by atoms with Crippen LogP contribution in [0.25, 0.3) is 0 Å². The van der Waals surface area contributed by atoms with E-state index in [2.05, 4.69) is 5.32 Å². The molecular weight excluding hydrogens is 502 g/mol. The third-order valence-electron chi connectivity index (χ3n) is 5.63. The molecule has 0 aliphatic heterocycles. The number of halogens is 1. The molecule has 10 heteroatoms. The maximum absolute atomic E-state index is 13.4. The molecule has 2 aromatic carbocycles. The Hall–Kier alpha value is -2.78. The summed E-state index contributed by atoms with van der Waals surface area (Å²) < 4.78 is 31.3. The van der Waals surface area contributed by atoms with Crippen LogP contribution in [0.3, 0.4) is 0 Å². The molecule has 0 saturated heterocycles. The Kier molecular flexibility index (Phi) is 11.0. The third kappa shape index (κ3) is 8.41. The van der Waals surface area contributed by atoms with Gasteiger partial charge in [-0.3, -0.25) is 13.9 Å². The summed E-state index contributed by atoms with van der Waals surface area (Å²) in [6, 6.07) is 13.1. The van der Waals surface area contributed by atoms with Gasteiger partial charge < -0.3 is 15.0 Å². The number of rotatable bonds is 13. The van der Waals surface area contributed by atoms with Gasteiger partial charge in [0.1, 0.15) is 11.8 Å². The normalized spacial score (nSPS) is 12.2. The number of benzene rings is 2. The second-order valence-corrected chi connectivity index (χ2v) is 11.2. The molecule has 2 amide bonds. The summed E-state index contributed by atoms with van der Waals surface area (Å²) in [4.78, 5) is 27.9. The van der Waals surface area contributed by atoms with Crippen molar-refractivity contribution in [2.75, 3.05) is 24.2 Å². The number of sulfonamides is 1. The molecule has 2 aromatic rings. The molecule has 0 bridgehead atoms. The average molecular weight is 538 g/mol. The number of hydrogen-bond donors (Lipinski definition) is 1. The van der Waals surface area contributed by atoms with E-state index in [1.165, 1.54) is 16.3 Å². The number of amides is 2. The molecule has 0 saturated carbocycles. The van der Waals surface area contributed by atoms with Crippen LogP contribution in [-0.2, 0) is 26.2 Å². The average Bonchev–Trinajstić information content (AvgIpc) is 2.81. The van der Waals surface area contributed by atoms with Gasteiger partial charge in [-0.1, -0.05) is 36.7 Å². The summed E-state index contributed by atoms with van der Waals surface area (Å²) in [5.74, 6) is 0.135. The fourth-order valence-corrected chi connectivity index (χ4v) is 5.02. The van der Waals surface area contributed by atoms with E-state index < -0.39 is 16.1 Å². The van der Waals surface area contributed by atoms with Crippen molar-refractivity contribution in [1.29, 1.82) is 0 Å². The molecule has 0 unspecified atom stereocenters. The maximum Gasteiger partial charge on any atom is 0.243 e. The molecule has 0 radical (unpaired) electrons. The zero-order valence-corrected chi connectivity index (χ0v) is 23.1. The Labute approximate surface area is 219 Å². The number of nitrogens with one attached hydrogen (secondary N) is 1. The SMILES string of the molecule is CC[C@H](C(=O)NC(C)C)N(Cc1ccccc1Cl)C(=O)CCCN(c1ccc(OC)cc1)S(C)(=O)=O. The summed E-state index contributed by atoms with van der Waals surface area (Å²) in [5.41, 5.74) is 1.22. The van der Waals surface area contributed by atoms with E-state index in [-0.39, 0.29) is 43.8 Å². The molecule has 0 spiro atoms. The number of methoxy groups -OCH3 is 1. The highest BCUT2D eigenvalue weighted by atomic mass is 35.5. The number of carbonyl (C=O) groups is 2. The number of ether oxygens (including phenoxy) is 1. The zero-order chi connectivity index (χ0) is 26.9. The molecule has 8 nitrogen and oxygen atoms in total. The molecule has 2 rings (SSSR count). The predicted octanol–water partition coefficient (Wildman–Crippen LogP) is 4.23. The van der Waals surface area contributed by atoms with Crippen LogP contribution in [0.5, 0.6) is 5.75 Å². The Morgan fingerprint density at radius 2 is 1.72 bits per heavy atom. The molecule has 0 aliphatic rings. The molecule has 1 atom stereocenters. The topological polar surface area (TPSA) is 96.0 Å². The van der Waals surface area contributed by atoms with E-state index >= 15 is 0 Å². The lowest BCUT2D eigenvalue weighted by Gasteiger charge is -2.32. The Morgan fingerprint density at radius 3 is 2.25 bits per heavy atom. The van der Waals surface area contributed by atoms with Crippen LogP contribution >= 0.6 is 11.6 Å². The van der Waals surface area contributed by atoms with Crippen LogP contribution < -0.4 is 14.4 Å². The van der Waals surface area contributed by atoms with Gasteiger partial charge in [-0.25, -0.2) is 8.42 Å². The third-order valence-corrected chi connectivity index (χ3v) is 7.19. The highest BCUT2D eigenvalue weighted by Gasteiger charge is 2.29. The summed E-state index contributed by atoms with van der Waals surface area (Å²) in [6.45, 7) is 5.88. The van der Waals surface area contributed by atoms with Crippen LogP contribution in [0.2, 0.25) is 5.02 Å². The molecule has 198 valence electrons.